The standard InChI is InChI=1S/C23H31N5O/c1-2-24-23(26-18-22(29)27-20-13-7-4-8-14-20)25-17-21(28-15-9-10-16-28)19-11-5-3-6-12-19/h3-8,11-14,21H,2,9-10,15-18H2,1H3,(H,27,29)(H2,24,25,26). The van der Waals surface area contributed by atoms with Crippen LogP contribution in [-0.4, -0.2) is 49.5 Å². The second kappa shape index (κ2) is 11.2. The van der Waals surface area contributed by atoms with E-state index in [1.165, 1.54) is 18.4 Å². The van der Waals surface area contributed by atoms with Crippen molar-refractivity contribution < 1.29 is 4.79 Å². The lowest BCUT2D eigenvalue weighted by Crippen LogP contribution is -2.43. The van der Waals surface area contributed by atoms with Gasteiger partial charge in [0.25, 0.3) is 0 Å². The van der Waals surface area contributed by atoms with Crippen LogP contribution in [-0.2, 0) is 4.79 Å². The molecule has 3 rings (SSSR count). The maximum atomic E-state index is 12.2. The Morgan fingerprint density at radius 3 is 2.31 bits per heavy atom. The highest BCUT2D eigenvalue weighted by atomic mass is 16.1. The summed E-state index contributed by atoms with van der Waals surface area (Å²) in [6, 6.07) is 20.3. The number of aliphatic imine (C=N–C) groups is 1. The summed E-state index contributed by atoms with van der Waals surface area (Å²) in [5.41, 5.74) is 2.09. The van der Waals surface area contributed by atoms with E-state index < -0.39 is 0 Å². The van der Waals surface area contributed by atoms with Gasteiger partial charge in [-0.15, -0.1) is 0 Å². The molecule has 1 fully saturated rings. The Balaban J connectivity index is 1.60. The van der Waals surface area contributed by atoms with Crippen molar-refractivity contribution in [3.63, 3.8) is 0 Å². The molecule has 1 amide bonds. The van der Waals surface area contributed by atoms with Gasteiger partial charge < -0.3 is 16.0 Å². The number of hydrogen-bond acceptors (Lipinski definition) is 3. The van der Waals surface area contributed by atoms with Crippen molar-refractivity contribution in [2.45, 2.75) is 25.8 Å². The van der Waals surface area contributed by atoms with Crippen molar-refractivity contribution in [2.75, 3.05) is 38.0 Å². The minimum atomic E-state index is -0.132. The van der Waals surface area contributed by atoms with Crippen LogP contribution in [0.3, 0.4) is 0 Å². The number of rotatable bonds is 8. The molecule has 3 N–H and O–H groups in total. The number of amides is 1. The molecule has 0 radical (unpaired) electrons. The van der Waals surface area contributed by atoms with Gasteiger partial charge in [0.2, 0.25) is 5.91 Å². The SMILES string of the molecule is CCNC(=NCC(=O)Nc1ccccc1)NCC(c1ccccc1)N1CCCC1. The van der Waals surface area contributed by atoms with Gasteiger partial charge in [0.15, 0.2) is 5.96 Å². The topological polar surface area (TPSA) is 68.8 Å². The van der Waals surface area contributed by atoms with Crippen LogP contribution in [0.1, 0.15) is 31.4 Å². The molecule has 1 aliphatic heterocycles. The van der Waals surface area contributed by atoms with Crippen LogP contribution in [0.5, 0.6) is 0 Å². The molecule has 1 saturated heterocycles. The second-order valence-corrected chi connectivity index (χ2v) is 7.16. The molecule has 0 saturated carbocycles. The monoisotopic (exact) mass is 393 g/mol. The van der Waals surface area contributed by atoms with Gasteiger partial charge in [-0.1, -0.05) is 48.5 Å². The Labute approximate surface area is 173 Å². The van der Waals surface area contributed by atoms with Gasteiger partial charge in [-0.3, -0.25) is 9.69 Å². The maximum Gasteiger partial charge on any atom is 0.246 e. The molecular weight excluding hydrogens is 362 g/mol. The Morgan fingerprint density at radius 2 is 1.66 bits per heavy atom. The average molecular weight is 394 g/mol. The third-order valence-corrected chi connectivity index (χ3v) is 5.01. The number of carbonyl (C=O) groups is 1. The molecule has 2 aromatic carbocycles. The molecule has 29 heavy (non-hydrogen) atoms. The number of para-hydroxylation sites is 1. The third kappa shape index (κ3) is 6.61. The van der Waals surface area contributed by atoms with Gasteiger partial charge in [-0.05, 0) is 50.6 Å². The number of hydrogen-bond donors (Lipinski definition) is 3. The number of carbonyl (C=O) groups excluding carboxylic acids is 1. The molecule has 1 unspecified atom stereocenters. The van der Waals surface area contributed by atoms with Crippen molar-refractivity contribution in [1.29, 1.82) is 0 Å². The van der Waals surface area contributed by atoms with Gasteiger partial charge in [0, 0.05) is 18.8 Å². The van der Waals surface area contributed by atoms with Gasteiger partial charge in [-0.25, -0.2) is 4.99 Å². The van der Waals surface area contributed by atoms with Gasteiger partial charge >= 0.3 is 0 Å². The van der Waals surface area contributed by atoms with Crippen LogP contribution in [0.4, 0.5) is 5.69 Å². The highest BCUT2D eigenvalue weighted by molar-refractivity contribution is 5.94. The van der Waals surface area contributed by atoms with E-state index in [4.69, 9.17) is 0 Å². The van der Waals surface area contributed by atoms with Gasteiger partial charge in [0.05, 0.1) is 6.04 Å². The Hall–Kier alpha value is -2.86. The zero-order valence-corrected chi connectivity index (χ0v) is 17.1. The fourth-order valence-electron chi connectivity index (χ4n) is 3.59. The van der Waals surface area contributed by atoms with E-state index in [0.29, 0.717) is 12.0 Å². The predicted molar refractivity (Wildman–Crippen MR) is 119 cm³/mol. The molecule has 6 nitrogen and oxygen atoms in total. The maximum absolute atomic E-state index is 12.2. The predicted octanol–water partition coefficient (Wildman–Crippen LogP) is 3.02. The van der Waals surface area contributed by atoms with E-state index in [0.717, 1.165) is 31.9 Å². The van der Waals surface area contributed by atoms with Crippen molar-refractivity contribution in [3.05, 3.63) is 66.2 Å². The fraction of sp³-hybridized carbons (Fsp3) is 0.391. The van der Waals surface area contributed by atoms with Gasteiger partial charge in [0.1, 0.15) is 6.54 Å². The summed E-state index contributed by atoms with van der Waals surface area (Å²) in [5, 5.41) is 9.54. The Morgan fingerprint density at radius 1 is 1.00 bits per heavy atom. The van der Waals surface area contributed by atoms with E-state index in [-0.39, 0.29) is 12.5 Å². The van der Waals surface area contributed by atoms with Crippen molar-refractivity contribution >= 4 is 17.6 Å². The third-order valence-electron chi connectivity index (χ3n) is 5.01. The van der Waals surface area contributed by atoms with Crippen LogP contribution in [0.2, 0.25) is 0 Å². The van der Waals surface area contributed by atoms with Crippen molar-refractivity contribution in [1.82, 2.24) is 15.5 Å². The number of nitrogens with zero attached hydrogens (tertiary/aromatic N) is 2. The summed E-state index contributed by atoms with van der Waals surface area (Å²) in [4.78, 5) is 19.2. The first kappa shape index (κ1) is 20.9. The van der Waals surface area contributed by atoms with E-state index in [2.05, 4.69) is 56.2 Å². The van der Waals surface area contributed by atoms with E-state index in [1.54, 1.807) is 0 Å². The minimum absolute atomic E-state index is 0.0734. The average Bonchev–Trinajstić information content (AvgIpc) is 3.28. The lowest BCUT2D eigenvalue weighted by molar-refractivity contribution is -0.114. The molecule has 0 aromatic heterocycles. The number of guanidine groups is 1. The largest absolute Gasteiger partial charge is 0.357 e. The van der Waals surface area contributed by atoms with Crippen molar-refractivity contribution in [3.8, 4) is 0 Å². The lowest BCUT2D eigenvalue weighted by Gasteiger charge is -2.29. The summed E-state index contributed by atoms with van der Waals surface area (Å²) in [7, 11) is 0. The fourth-order valence-corrected chi connectivity index (χ4v) is 3.59. The van der Waals surface area contributed by atoms with Crippen LogP contribution in [0, 0.1) is 0 Å². The van der Waals surface area contributed by atoms with Crippen LogP contribution >= 0.6 is 0 Å². The van der Waals surface area contributed by atoms with Crippen LogP contribution in [0.15, 0.2) is 65.7 Å². The summed E-state index contributed by atoms with van der Waals surface area (Å²) >= 11 is 0. The quantitative estimate of drug-likeness (QED) is 0.476. The van der Waals surface area contributed by atoms with Crippen molar-refractivity contribution in [2.24, 2.45) is 4.99 Å². The highest BCUT2D eigenvalue weighted by Crippen LogP contribution is 2.24. The van der Waals surface area contributed by atoms with Crippen LogP contribution < -0.4 is 16.0 Å². The molecule has 0 aliphatic carbocycles. The van der Waals surface area contributed by atoms with Crippen LogP contribution in [0.25, 0.3) is 0 Å². The number of likely N-dealkylation sites (tertiary alicyclic amines) is 1. The molecule has 1 aliphatic rings. The molecule has 2 aromatic rings. The molecule has 154 valence electrons. The molecule has 0 spiro atoms. The second-order valence-electron chi connectivity index (χ2n) is 7.16. The van der Waals surface area contributed by atoms with E-state index >= 15 is 0 Å². The molecule has 0 bridgehead atoms. The zero-order valence-electron chi connectivity index (χ0n) is 17.1. The first-order valence-corrected chi connectivity index (χ1v) is 10.4. The minimum Gasteiger partial charge on any atom is -0.357 e. The smallest absolute Gasteiger partial charge is 0.246 e. The van der Waals surface area contributed by atoms with E-state index in [9.17, 15) is 4.79 Å². The Bertz CT molecular complexity index is 772. The zero-order chi connectivity index (χ0) is 20.3. The van der Waals surface area contributed by atoms with E-state index in [1.807, 2.05) is 37.3 Å². The summed E-state index contributed by atoms with van der Waals surface area (Å²) in [5.74, 6) is 0.531. The summed E-state index contributed by atoms with van der Waals surface area (Å²) in [6.45, 7) is 5.82. The molecule has 6 heteroatoms. The lowest BCUT2D eigenvalue weighted by atomic mass is 10.1. The number of nitrogens with one attached hydrogen (secondary N) is 3. The first-order valence-electron chi connectivity index (χ1n) is 10.4. The highest BCUT2D eigenvalue weighted by Gasteiger charge is 2.23. The summed E-state index contributed by atoms with van der Waals surface area (Å²) < 4.78 is 0. The Kier molecular flexibility index (Phi) is 8.07. The van der Waals surface area contributed by atoms with Gasteiger partial charge in [-0.2, -0.15) is 0 Å². The molecule has 1 atom stereocenters. The molecular formula is C23H31N5O. The number of anilines is 1. The summed E-state index contributed by atoms with van der Waals surface area (Å²) in [6.07, 6.45) is 2.49. The number of benzene rings is 2. The molecule has 1 heterocycles. The first-order chi connectivity index (χ1) is 14.3. The normalized spacial score (nSPS) is 15.7.